The largest absolute Gasteiger partial charge is 0.339 e. The normalized spacial score (nSPS) is 15.8. The highest BCUT2D eigenvalue weighted by atomic mass is 19.1. The third kappa shape index (κ3) is 2.19. The minimum Gasteiger partial charge on any atom is -0.339 e. The van der Waals surface area contributed by atoms with Crippen LogP contribution in [0.3, 0.4) is 0 Å². The summed E-state index contributed by atoms with van der Waals surface area (Å²) in [7, 11) is 0. The molecule has 1 fully saturated rings. The number of hydrogen-bond donors (Lipinski definition) is 1. The lowest BCUT2D eigenvalue weighted by Crippen LogP contribution is -2.40. The molecule has 0 saturated carbocycles. The fourth-order valence-electron chi connectivity index (χ4n) is 1.75. The maximum absolute atomic E-state index is 12.7. The van der Waals surface area contributed by atoms with Crippen molar-refractivity contribution >= 4 is 0 Å². The van der Waals surface area contributed by atoms with Crippen LogP contribution in [0, 0.1) is 5.82 Å². The molecule has 3 rings (SSSR count). The zero-order chi connectivity index (χ0) is 11.7. The number of nitrogens with zero attached hydrogens (tertiary/aromatic N) is 2. The van der Waals surface area contributed by atoms with E-state index in [2.05, 4.69) is 15.5 Å². The Bertz CT molecular complexity index is 505. The van der Waals surface area contributed by atoms with Gasteiger partial charge in [-0.1, -0.05) is 17.3 Å². The number of aromatic nitrogens is 2. The molecule has 2 aromatic rings. The van der Waals surface area contributed by atoms with Crippen molar-refractivity contribution in [1.82, 2.24) is 15.5 Å². The van der Waals surface area contributed by atoms with Gasteiger partial charge in [-0.05, 0) is 17.7 Å². The van der Waals surface area contributed by atoms with Crippen molar-refractivity contribution in [2.45, 2.75) is 12.3 Å². The van der Waals surface area contributed by atoms with Gasteiger partial charge in [0, 0.05) is 19.5 Å². The Labute approximate surface area is 97.8 Å². The highest BCUT2D eigenvalue weighted by molar-refractivity contribution is 5.19. The van der Waals surface area contributed by atoms with Crippen LogP contribution in [0.15, 0.2) is 28.8 Å². The third-order valence-corrected chi connectivity index (χ3v) is 2.89. The Morgan fingerprint density at radius 1 is 1.29 bits per heavy atom. The van der Waals surface area contributed by atoms with Crippen LogP contribution in [-0.2, 0) is 6.42 Å². The Morgan fingerprint density at radius 2 is 2.06 bits per heavy atom. The Morgan fingerprint density at radius 3 is 2.71 bits per heavy atom. The first-order valence-electron chi connectivity index (χ1n) is 5.59. The molecule has 88 valence electrons. The summed E-state index contributed by atoms with van der Waals surface area (Å²) in [4.78, 5) is 4.34. The van der Waals surface area contributed by atoms with E-state index in [4.69, 9.17) is 4.52 Å². The number of rotatable bonds is 3. The van der Waals surface area contributed by atoms with Gasteiger partial charge in [-0.15, -0.1) is 0 Å². The number of nitrogens with one attached hydrogen (secondary N) is 1. The number of halogens is 1. The molecule has 2 heterocycles. The second kappa shape index (κ2) is 4.25. The van der Waals surface area contributed by atoms with Crippen LogP contribution in [0.2, 0.25) is 0 Å². The summed E-state index contributed by atoms with van der Waals surface area (Å²) in [5.41, 5.74) is 0.977. The van der Waals surface area contributed by atoms with Gasteiger partial charge in [0.25, 0.3) is 0 Å². The van der Waals surface area contributed by atoms with Gasteiger partial charge in [-0.3, -0.25) is 0 Å². The maximum Gasteiger partial charge on any atom is 0.232 e. The lowest BCUT2D eigenvalue weighted by molar-refractivity contribution is 0.306. The molecule has 5 heteroatoms. The van der Waals surface area contributed by atoms with E-state index in [0.29, 0.717) is 24.1 Å². The van der Waals surface area contributed by atoms with Crippen molar-refractivity contribution in [3.05, 3.63) is 47.4 Å². The molecule has 0 aliphatic carbocycles. The summed E-state index contributed by atoms with van der Waals surface area (Å²) in [5, 5.41) is 7.08. The van der Waals surface area contributed by atoms with Crippen LogP contribution < -0.4 is 5.32 Å². The molecule has 1 aromatic carbocycles. The molecule has 1 aliphatic rings. The average Bonchev–Trinajstić information content (AvgIpc) is 2.67. The minimum absolute atomic E-state index is 0.233. The monoisotopic (exact) mass is 233 g/mol. The number of hydrogen-bond acceptors (Lipinski definition) is 4. The lowest BCUT2D eigenvalue weighted by atomic mass is 10.0. The summed E-state index contributed by atoms with van der Waals surface area (Å²) in [5.74, 6) is 1.46. The van der Waals surface area contributed by atoms with Gasteiger partial charge in [-0.2, -0.15) is 4.98 Å². The lowest BCUT2D eigenvalue weighted by Gasteiger charge is -2.22. The van der Waals surface area contributed by atoms with E-state index in [1.165, 1.54) is 12.1 Å². The van der Waals surface area contributed by atoms with E-state index in [1.807, 2.05) is 0 Å². The highest BCUT2D eigenvalue weighted by Gasteiger charge is 2.24. The van der Waals surface area contributed by atoms with Crippen molar-refractivity contribution in [3.8, 4) is 0 Å². The molecule has 0 atom stereocenters. The van der Waals surface area contributed by atoms with E-state index >= 15 is 0 Å². The molecule has 4 nitrogen and oxygen atoms in total. The highest BCUT2D eigenvalue weighted by Crippen LogP contribution is 2.18. The van der Waals surface area contributed by atoms with Crippen molar-refractivity contribution < 1.29 is 8.91 Å². The summed E-state index contributed by atoms with van der Waals surface area (Å²) >= 11 is 0. The van der Waals surface area contributed by atoms with E-state index < -0.39 is 0 Å². The summed E-state index contributed by atoms with van der Waals surface area (Å²) in [6, 6.07) is 6.34. The quantitative estimate of drug-likeness (QED) is 0.872. The topological polar surface area (TPSA) is 51.0 Å². The predicted molar refractivity (Wildman–Crippen MR) is 59.1 cm³/mol. The van der Waals surface area contributed by atoms with Gasteiger partial charge in [0.05, 0.1) is 5.92 Å². The molecule has 0 bridgehead atoms. The molecule has 1 aliphatic heterocycles. The molecular formula is C12H12FN3O. The SMILES string of the molecule is Fc1ccc(Cc2noc(C3CNC3)n2)cc1. The minimum atomic E-state index is -0.233. The zero-order valence-electron chi connectivity index (χ0n) is 9.19. The van der Waals surface area contributed by atoms with Gasteiger partial charge < -0.3 is 9.84 Å². The number of benzene rings is 1. The molecule has 17 heavy (non-hydrogen) atoms. The smallest absolute Gasteiger partial charge is 0.232 e. The Hall–Kier alpha value is -1.75. The van der Waals surface area contributed by atoms with Gasteiger partial charge in [0.2, 0.25) is 5.89 Å². The summed E-state index contributed by atoms with van der Waals surface area (Å²) in [6.07, 6.45) is 0.573. The first kappa shape index (κ1) is 10.4. The maximum atomic E-state index is 12.7. The average molecular weight is 233 g/mol. The van der Waals surface area contributed by atoms with Crippen molar-refractivity contribution in [3.63, 3.8) is 0 Å². The fraction of sp³-hybridized carbons (Fsp3) is 0.333. The Kier molecular flexibility index (Phi) is 2.60. The van der Waals surface area contributed by atoms with Gasteiger partial charge in [0.1, 0.15) is 5.82 Å². The first-order chi connectivity index (χ1) is 8.31. The van der Waals surface area contributed by atoms with Crippen molar-refractivity contribution in [2.75, 3.05) is 13.1 Å². The molecule has 0 spiro atoms. The first-order valence-corrected chi connectivity index (χ1v) is 5.59. The van der Waals surface area contributed by atoms with Gasteiger partial charge in [-0.25, -0.2) is 4.39 Å². The third-order valence-electron chi connectivity index (χ3n) is 2.89. The molecule has 1 N–H and O–H groups in total. The molecule has 0 unspecified atom stereocenters. The molecule has 0 amide bonds. The van der Waals surface area contributed by atoms with Gasteiger partial charge in [0.15, 0.2) is 5.82 Å². The van der Waals surface area contributed by atoms with Crippen LogP contribution in [0.5, 0.6) is 0 Å². The molecule has 1 saturated heterocycles. The van der Waals surface area contributed by atoms with E-state index in [0.717, 1.165) is 18.7 Å². The van der Waals surface area contributed by atoms with Crippen LogP contribution in [0.1, 0.15) is 23.2 Å². The van der Waals surface area contributed by atoms with E-state index in [9.17, 15) is 4.39 Å². The van der Waals surface area contributed by atoms with Crippen molar-refractivity contribution in [2.24, 2.45) is 0 Å². The summed E-state index contributed by atoms with van der Waals surface area (Å²) < 4.78 is 17.9. The molecule has 0 radical (unpaired) electrons. The predicted octanol–water partition coefficient (Wildman–Crippen LogP) is 1.49. The van der Waals surface area contributed by atoms with Gasteiger partial charge >= 0.3 is 0 Å². The second-order valence-electron chi connectivity index (χ2n) is 4.21. The second-order valence-corrected chi connectivity index (χ2v) is 4.21. The van der Waals surface area contributed by atoms with Crippen LogP contribution in [0.25, 0.3) is 0 Å². The zero-order valence-corrected chi connectivity index (χ0v) is 9.19. The van der Waals surface area contributed by atoms with Crippen molar-refractivity contribution in [1.29, 1.82) is 0 Å². The summed E-state index contributed by atoms with van der Waals surface area (Å²) in [6.45, 7) is 1.80. The van der Waals surface area contributed by atoms with Crippen LogP contribution >= 0.6 is 0 Å². The van der Waals surface area contributed by atoms with Crippen LogP contribution in [0.4, 0.5) is 4.39 Å². The molecular weight excluding hydrogens is 221 g/mol. The van der Waals surface area contributed by atoms with E-state index in [-0.39, 0.29) is 5.82 Å². The standard InChI is InChI=1S/C12H12FN3O/c13-10-3-1-8(2-4-10)5-11-15-12(17-16-11)9-6-14-7-9/h1-4,9,14H,5-7H2. The van der Waals surface area contributed by atoms with Crippen LogP contribution in [-0.4, -0.2) is 23.2 Å². The molecule has 1 aromatic heterocycles. The van der Waals surface area contributed by atoms with E-state index in [1.54, 1.807) is 12.1 Å². The fourth-order valence-corrected chi connectivity index (χ4v) is 1.75. The Balaban J connectivity index is 1.72.